The van der Waals surface area contributed by atoms with Gasteiger partial charge in [-0.05, 0) is 48.9 Å². The van der Waals surface area contributed by atoms with Crippen LogP contribution < -0.4 is 10.2 Å². The van der Waals surface area contributed by atoms with E-state index in [1.54, 1.807) is 42.5 Å². The standard InChI is InChI=1S/C19H15Cl2N5O3/c1-10-2-7-13(8-14(10)21)26-18(28)16-17(19(26)29)25(24-23-16)9-15(27)22-12-5-3-11(20)4-6-12/h2-8,16-17H,9H2,1H3,(H,22,27)/t16-,17+/m1/s1. The maximum Gasteiger partial charge on any atom is 0.263 e. The van der Waals surface area contributed by atoms with Gasteiger partial charge in [-0.15, -0.1) is 0 Å². The first-order valence-electron chi connectivity index (χ1n) is 8.72. The Balaban J connectivity index is 1.49. The minimum atomic E-state index is -0.981. The van der Waals surface area contributed by atoms with Crippen LogP contribution in [0.3, 0.4) is 0 Å². The summed E-state index contributed by atoms with van der Waals surface area (Å²) in [5.74, 6) is -1.39. The second-order valence-electron chi connectivity index (χ2n) is 6.69. The van der Waals surface area contributed by atoms with Crippen LogP contribution >= 0.6 is 23.2 Å². The molecule has 1 N–H and O–H groups in total. The van der Waals surface area contributed by atoms with Crippen molar-refractivity contribution in [3.63, 3.8) is 0 Å². The van der Waals surface area contributed by atoms with Gasteiger partial charge in [0.1, 0.15) is 6.54 Å². The number of hydrogen-bond donors (Lipinski definition) is 1. The highest BCUT2D eigenvalue weighted by atomic mass is 35.5. The van der Waals surface area contributed by atoms with Crippen LogP contribution in [0.2, 0.25) is 10.0 Å². The molecule has 10 heteroatoms. The SMILES string of the molecule is Cc1ccc(N2C(=O)[C@@H]3[C@@H](N=NN3CC(=O)Nc3ccc(Cl)cc3)C2=O)cc1Cl. The molecule has 2 aliphatic heterocycles. The topological polar surface area (TPSA) is 94.4 Å². The van der Waals surface area contributed by atoms with Crippen LogP contribution in [0, 0.1) is 6.92 Å². The predicted molar refractivity (Wildman–Crippen MR) is 108 cm³/mol. The van der Waals surface area contributed by atoms with Crippen LogP contribution in [0.15, 0.2) is 52.8 Å². The van der Waals surface area contributed by atoms with Gasteiger partial charge in [0.05, 0.1) is 5.69 Å². The third-order valence-electron chi connectivity index (χ3n) is 4.71. The predicted octanol–water partition coefficient (Wildman–Crippen LogP) is 3.23. The molecule has 3 amide bonds. The molecule has 1 fully saturated rings. The van der Waals surface area contributed by atoms with Gasteiger partial charge in [-0.1, -0.05) is 34.5 Å². The van der Waals surface area contributed by atoms with Gasteiger partial charge < -0.3 is 5.32 Å². The first-order chi connectivity index (χ1) is 13.8. The van der Waals surface area contributed by atoms with Crippen LogP contribution in [0.1, 0.15) is 5.56 Å². The summed E-state index contributed by atoms with van der Waals surface area (Å²) in [7, 11) is 0. The molecule has 0 unspecified atom stereocenters. The highest BCUT2D eigenvalue weighted by molar-refractivity contribution is 6.32. The van der Waals surface area contributed by atoms with E-state index in [1.165, 1.54) is 5.01 Å². The number of rotatable bonds is 4. The zero-order valence-electron chi connectivity index (χ0n) is 15.2. The Morgan fingerprint density at radius 3 is 2.52 bits per heavy atom. The number of nitrogens with zero attached hydrogens (tertiary/aromatic N) is 4. The van der Waals surface area contributed by atoms with Crippen molar-refractivity contribution in [1.82, 2.24) is 5.01 Å². The first kappa shape index (κ1) is 19.4. The second-order valence-corrected chi connectivity index (χ2v) is 7.54. The lowest BCUT2D eigenvalue weighted by molar-refractivity contribution is -0.123. The number of hydrogen-bond acceptors (Lipinski definition) is 6. The van der Waals surface area contributed by atoms with Crippen molar-refractivity contribution in [3.05, 3.63) is 58.1 Å². The zero-order chi connectivity index (χ0) is 20.7. The molecule has 0 aliphatic carbocycles. The van der Waals surface area contributed by atoms with Gasteiger partial charge in [-0.2, -0.15) is 5.11 Å². The van der Waals surface area contributed by atoms with Crippen LogP contribution in [-0.2, 0) is 14.4 Å². The molecule has 0 spiro atoms. The molecule has 2 aromatic rings. The Hall–Kier alpha value is -2.97. The lowest BCUT2D eigenvalue weighted by Gasteiger charge is -2.20. The highest BCUT2D eigenvalue weighted by Gasteiger charge is 2.55. The number of aryl methyl sites for hydroxylation is 1. The fourth-order valence-electron chi connectivity index (χ4n) is 3.21. The van der Waals surface area contributed by atoms with E-state index >= 15 is 0 Å². The summed E-state index contributed by atoms with van der Waals surface area (Å²) < 4.78 is 0. The normalized spacial score (nSPS) is 20.4. The average Bonchev–Trinajstić information content (AvgIpc) is 3.20. The van der Waals surface area contributed by atoms with Crippen LogP contribution in [0.5, 0.6) is 0 Å². The molecule has 2 aliphatic rings. The molecule has 0 saturated carbocycles. The quantitative estimate of drug-likeness (QED) is 0.751. The largest absolute Gasteiger partial charge is 0.324 e. The Kier molecular flexibility index (Phi) is 4.97. The van der Waals surface area contributed by atoms with Gasteiger partial charge in [0.15, 0.2) is 12.1 Å². The summed E-state index contributed by atoms with van der Waals surface area (Å²) >= 11 is 12.0. The number of anilines is 2. The number of imide groups is 1. The average molecular weight is 432 g/mol. The van der Waals surface area contributed by atoms with Crippen LogP contribution in [0.25, 0.3) is 0 Å². The summed E-state index contributed by atoms with van der Waals surface area (Å²) in [6, 6.07) is 9.59. The summed E-state index contributed by atoms with van der Waals surface area (Å²) in [4.78, 5) is 39.0. The number of benzene rings is 2. The highest BCUT2D eigenvalue weighted by Crippen LogP contribution is 2.33. The van der Waals surface area contributed by atoms with E-state index in [0.717, 1.165) is 10.5 Å². The molecule has 148 valence electrons. The van der Waals surface area contributed by atoms with Gasteiger partial charge in [0.25, 0.3) is 11.8 Å². The van der Waals surface area contributed by atoms with Crippen LogP contribution in [0.4, 0.5) is 11.4 Å². The van der Waals surface area contributed by atoms with E-state index in [9.17, 15) is 14.4 Å². The van der Waals surface area contributed by atoms with E-state index < -0.39 is 29.8 Å². The van der Waals surface area contributed by atoms with Crippen molar-refractivity contribution in [2.75, 3.05) is 16.8 Å². The first-order valence-corrected chi connectivity index (χ1v) is 9.47. The molecular formula is C19H15Cl2N5O3. The van der Waals surface area contributed by atoms with Gasteiger partial charge in [-0.3, -0.25) is 19.4 Å². The molecular weight excluding hydrogens is 417 g/mol. The van der Waals surface area contributed by atoms with Crippen molar-refractivity contribution in [2.24, 2.45) is 10.3 Å². The molecule has 2 atom stereocenters. The second kappa shape index (κ2) is 7.46. The third-order valence-corrected chi connectivity index (χ3v) is 5.36. The summed E-state index contributed by atoms with van der Waals surface area (Å²) in [5.41, 5.74) is 1.75. The maximum absolute atomic E-state index is 12.9. The lowest BCUT2D eigenvalue weighted by atomic mass is 10.1. The number of halogens is 2. The molecule has 2 aromatic carbocycles. The Bertz CT molecular complexity index is 1040. The fourth-order valence-corrected chi connectivity index (χ4v) is 3.51. The van der Waals surface area contributed by atoms with E-state index in [2.05, 4.69) is 15.7 Å². The minimum Gasteiger partial charge on any atom is -0.324 e. The summed E-state index contributed by atoms with van der Waals surface area (Å²) in [6.45, 7) is 1.60. The molecule has 4 rings (SSSR count). The minimum absolute atomic E-state index is 0.227. The molecule has 0 aromatic heterocycles. The Labute approximate surface area is 176 Å². The van der Waals surface area contributed by atoms with E-state index in [-0.39, 0.29) is 6.54 Å². The van der Waals surface area contributed by atoms with E-state index in [0.29, 0.717) is 21.4 Å². The maximum atomic E-state index is 12.9. The molecule has 1 saturated heterocycles. The van der Waals surface area contributed by atoms with Gasteiger partial charge in [0.2, 0.25) is 5.91 Å². The zero-order valence-corrected chi connectivity index (χ0v) is 16.7. The number of fused-ring (bicyclic) bond motifs is 1. The lowest BCUT2D eigenvalue weighted by Crippen LogP contribution is -2.43. The smallest absolute Gasteiger partial charge is 0.263 e. The number of carbonyl (C=O) groups is 3. The molecule has 0 bridgehead atoms. The van der Waals surface area contributed by atoms with E-state index in [1.807, 2.05) is 6.92 Å². The summed E-state index contributed by atoms with van der Waals surface area (Å²) in [5, 5.41) is 12.7. The Morgan fingerprint density at radius 1 is 1.10 bits per heavy atom. The Morgan fingerprint density at radius 2 is 1.83 bits per heavy atom. The van der Waals surface area contributed by atoms with Crippen molar-refractivity contribution < 1.29 is 14.4 Å². The number of nitrogens with one attached hydrogen (secondary N) is 1. The van der Waals surface area contributed by atoms with E-state index in [4.69, 9.17) is 23.2 Å². The van der Waals surface area contributed by atoms with Crippen LogP contribution in [-0.4, -0.2) is 41.4 Å². The van der Waals surface area contributed by atoms with Crippen molar-refractivity contribution >= 4 is 52.3 Å². The molecule has 29 heavy (non-hydrogen) atoms. The fraction of sp³-hybridized carbons (Fsp3) is 0.211. The number of carbonyl (C=O) groups excluding carboxylic acids is 3. The molecule has 0 radical (unpaired) electrons. The van der Waals surface area contributed by atoms with Crippen molar-refractivity contribution in [3.8, 4) is 0 Å². The molecule has 2 heterocycles. The van der Waals surface area contributed by atoms with Crippen molar-refractivity contribution in [1.29, 1.82) is 0 Å². The van der Waals surface area contributed by atoms with Crippen molar-refractivity contribution in [2.45, 2.75) is 19.0 Å². The van der Waals surface area contributed by atoms with Gasteiger partial charge in [-0.25, -0.2) is 4.90 Å². The summed E-state index contributed by atoms with van der Waals surface area (Å²) in [6.07, 6.45) is 0. The third kappa shape index (κ3) is 3.56. The van der Waals surface area contributed by atoms with Gasteiger partial charge >= 0.3 is 0 Å². The number of amides is 3. The monoisotopic (exact) mass is 431 g/mol. The van der Waals surface area contributed by atoms with Gasteiger partial charge in [0, 0.05) is 15.7 Å². The molecule has 8 nitrogen and oxygen atoms in total.